The average molecular weight is 534 g/mol. The number of aromatic nitrogens is 4. The third-order valence-electron chi connectivity index (χ3n) is 6.19. The van der Waals surface area contributed by atoms with Crippen LogP contribution in [0.3, 0.4) is 0 Å². The second-order valence-electron chi connectivity index (χ2n) is 10.2. The van der Waals surface area contributed by atoms with E-state index in [-0.39, 0.29) is 35.8 Å². The van der Waals surface area contributed by atoms with E-state index in [1.54, 1.807) is 36.5 Å². The third-order valence-corrected chi connectivity index (χ3v) is 6.19. The lowest BCUT2D eigenvalue weighted by atomic mass is 10.1. The van der Waals surface area contributed by atoms with Crippen LogP contribution in [0.1, 0.15) is 61.1 Å². The number of hydrogen-bond donors (Lipinski definition) is 2. The number of nitrogens with two attached hydrogens (primary N) is 2. The Bertz CT molecular complexity index is 1320. The van der Waals surface area contributed by atoms with Gasteiger partial charge < -0.3 is 21.1 Å². The molecule has 4 rings (SSSR count). The number of anilines is 1. The van der Waals surface area contributed by atoms with E-state index in [1.165, 1.54) is 23.0 Å². The quantitative estimate of drug-likeness (QED) is 0.508. The zero-order valence-electron chi connectivity index (χ0n) is 21.3. The number of halogens is 3. The zero-order valence-corrected chi connectivity index (χ0v) is 21.3. The number of alkyl halides is 3. The highest BCUT2D eigenvalue weighted by atomic mass is 19.4. The molecule has 38 heavy (non-hydrogen) atoms. The van der Waals surface area contributed by atoms with Gasteiger partial charge in [0.25, 0.3) is 5.91 Å². The number of primary amides is 1. The number of amides is 2. The van der Waals surface area contributed by atoms with Crippen LogP contribution in [0.2, 0.25) is 0 Å². The van der Waals surface area contributed by atoms with Crippen LogP contribution in [-0.4, -0.2) is 55.2 Å². The van der Waals surface area contributed by atoms with Crippen LogP contribution in [-0.2, 0) is 17.5 Å². The second kappa shape index (κ2) is 10.0. The van der Waals surface area contributed by atoms with Gasteiger partial charge in [-0.15, -0.1) is 0 Å². The summed E-state index contributed by atoms with van der Waals surface area (Å²) < 4.78 is 47.0. The Morgan fingerprint density at radius 3 is 2.29 bits per heavy atom. The van der Waals surface area contributed by atoms with Crippen molar-refractivity contribution in [1.29, 1.82) is 0 Å². The SMILES string of the molecule is CC(C)(C)OC(=O)N1CCC(n2nc(-c3cnn(Cc4ccc(C(F)(F)F)cc4)c3)c(C(N)=O)c2N)CC1. The second-order valence-corrected chi connectivity index (χ2v) is 10.2. The highest BCUT2D eigenvalue weighted by molar-refractivity contribution is 6.03. The Hall–Kier alpha value is -4.03. The van der Waals surface area contributed by atoms with Gasteiger partial charge in [0.1, 0.15) is 22.7 Å². The molecule has 0 atom stereocenters. The molecule has 0 radical (unpaired) electrons. The molecule has 0 spiro atoms. The lowest BCUT2D eigenvalue weighted by Crippen LogP contribution is -2.42. The molecule has 1 fully saturated rings. The number of nitrogen functional groups attached to an aromatic ring is 1. The van der Waals surface area contributed by atoms with Crippen LogP contribution in [0.15, 0.2) is 36.7 Å². The standard InChI is InChI=1S/C25H30F3N7O3/c1-24(2,3)38-23(37)33-10-8-18(9-11-33)35-21(29)19(22(30)36)20(32-35)16-12-31-34(14-16)13-15-4-6-17(7-5-15)25(26,27)28/h4-7,12,14,18H,8-11,13,29H2,1-3H3,(H2,30,36). The Morgan fingerprint density at radius 1 is 1.11 bits per heavy atom. The summed E-state index contributed by atoms with van der Waals surface area (Å²) in [4.78, 5) is 26.3. The molecule has 1 aromatic carbocycles. The summed E-state index contributed by atoms with van der Waals surface area (Å²) in [5, 5.41) is 8.85. The number of nitrogens with zero attached hydrogens (tertiary/aromatic N) is 5. The van der Waals surface area contributed by atoms with Gasteiger partial charge in [-0.1, -0.05) is 12.1 Å². The van der Waals surface area contributed by atoms with Crippen molar-refractivity contribution in [2.45, 2.75) is 58.0 Å². The minimum Gasteiger partial charge on any atom is -0.444 e. The van der Waals surface area contributed by atoms with Crippen molar-refractivity contribution in [3.63, 3.8) is 0 Å². The van der Waals surface area contributed by atoms with E-state index >= 15 is 0 Å². The van der Waals surface area contributed by atoms with Crippen molar-refractivity contribution in [2.24, 2.45) is 5.73 Å². The van der Waals surface area contributed by atoms with E-state index in [0.717, 1.165) is 12.1 Å². The highest BCUT2D eigenvalue weighted by Crippen LogP contribution is 2.33. The molecule has 1 aliphatic rings. The van der Waals surface area contributed by atoms with Crippen LogP contribution >= 0.6 is 0 Å². The minimum atomic E-state index is -4.41. The molecule has 1 aliphatic heterocycles. The predicted octanol–water partition coefficient (Wildman–Crippen LogP) is 4.07. The normalized spacial score (nSPS) is 15.1. The van der Waals surface area contributed by atoms with E-state index in [0.29, 0.717) is 37.1 Å². The first-order valence-corrected chi connectivity index (χ1v) is 12.1. The summed E-state index contributed by atoms with van der Waals surface area (Å²) in [7, 11) is 0. The summed E-state index contributed by atoms with van der Waals surface area (Å²) in [5.74, 6) is -0.621. The number of carbonyl (C=O) groups excluding carboxylic acids is 2. The number of piperidine rings is 1. The van der Waals surface area contributed by atoms with E-state index in [9.17, 15) is 22.8 Å². The first-order chi connectivity index (χ1) is 17.7. The molecule has 1 saturated heterocycles. The summed E-state index contributed by atoms with van der Waals surface area (Å²) in [6, 6.07) is 4.64. The monoisotopic (exact) mass is 533 g/mol. The Morgan fingerprint density at radius 2 is 1.74 bits per heavy atom. The van der Waals surface area contributed by atoms with Gasteiger partial charge >= 0.3 is 12.3 Å². The summed E-state index contributed by atoms with van der Waals surface area (Å²) >= 11 is 0. The van der Waals surface area contributed by atoms with Gasteiger partial charge in [-0.3, -0.25) is 9.48 Å². The first kappa shape index (κ1) is 27.0. The zero-order chi connectivity index (χ0) is 27.8. The predicted molar refractivity (Wildman–Crippen MR) is 133 cm³/mol. The van der Waals surface area contributed by atoms with Crippen molar-refractivity contribution in [2.75, 3.05) is 18.8 Å². The molecule has 204 valence electrons. The van der Waals surface area contributed by atoms with Crippen molar-refractivity contribution < 1.29 is 27.5 Å². The molecule has 0 bridgehead atoms. The maximum atomic E-state index is 12.8. The molecular weight excluding hydrogens is 503 g/mol. The van der Waals surface area contributed by atoms with Gasteiger partial charge in [-0.2, -0.15) is 23.4 Å². The van der Waals surface area contributed by atoms with Crippen molar-refractivity contribution in [3.05, 3.63) is 53.3 Å². The number of ether oxygens (including phenoxy) is 1. The van der Waals surface area contributed by atoms with E-state index in [4.69, 9.17) is 16.2 Å². The molecule has 10 nitrogen and oxygen atoms in total. The summed E-state index contributed by atoms with van der Waals surface area (Å²) in [6.45, 7) is 6.50. The molecule has 4 N–H and O–H groups in total. The Labute approximate surface area is 217 Å². The number of hydrogen-bond acceptors (Lipinski definition) is 6. The largest absolute Gasteiger partial charge is 0.444 e. The number of likely N-dealkylation sites (tertiary alicyclic amines) is 1. The van der Waals surface area contributed by atoms with E-state index in [2.05, 4.69) is 10.2 Å². The smallest absolute Gasteiger partial charge is 0.416 e. The van der Waals surface area contributed by atoms with Crippen LogP contribution < -0.4 is 11.5 Å². The van der Waals surface area contributed by atoms with Crippen LogP contribution in [0.4, 0.5) is 23.8 Å². The fourth-order valence-corrected chi connectivity index (χ4v) is 4.35. The van der Waals surface area contributed by atoms with Gasteiger partial charge in [0.2, 0.25) is 0 Å². The van der Waals surface area contributed by atoms with Gasteiger partial charge in [-0.25, -0.2) is 9.48 Å². The van der Waals surface area contributed by atoms with Crippen LogP contribution in [0.25, 0.3) is 11.3 Å². The molecule has 0 aliphatic carbocycles. The van der Waals surface area contributed by atoms with Crippen molar-refractivity contribution in [1.82, 2.24) is 24.5 Å². The maximum Gasteiger partial charge on any atom is 0.416 e. The van der Waals surface area contributed by atoms with Crippen LogP contribution in [0, 0.1) is 0 Å². The van der Waals surface area contributed by atoms with Gasteiger partial charge in [-0.05, 0) is 51.3 Å². The average Bonchev–Trinajstić information content (AvgIpc) is 3.42. The topological polar surface area (TPSA) is 134 Å². The Balaban J connectivity index is 1.51. The van der Waals surface area contributed by atoms with Crippen molar-refractivity contribution in [3.8, 4) is 11.3 Å². The Kier molecular flexibility index (Phi) is 7.13. The van der Waals surface area contributed by atoms with Crippen LogP contribution in [0.5, 0.6) is 0 Å². The van der Waals surface area contributed by atoms with E-state index < -0.39 is 23.2 Å². The molecule has 2 aromatic heterocycles. The first-order valence-electron chi connectivity index (χ1n) is 12.1. The molecule has 13 heteroatoms. The molecular formula is C25H30F3N7O3. The molecule has 0 saturated carbocycles. The minimum absolute atomic E-state index is 0.0636. The van der Waals surface area contributed by atoms with E-state index in [1.807, 2.05) is 0 Å². The summed E-state index contributed by atoms with van der Waals surface area (Å²) in [5.41, 5.74) is 12.1. The van der Waals surface area contributed by atoms with Gasteiger partial charge in [0, 0.05) is 24.8 Å². The lowest BCUT2D eigenvalue weighted by Gasteiger charge is -2.33. The molecule has 2 amide bonds. The van der Waals surface area contributed by atoms with Gasteiger partial charge in [0.05, 0.1) is 24.3 Å². The third kappa shape index (κ3) is 5.92. The number of benzene rings is 1. The van der Waals surface area contributed by atoms with Gasteiger partial charge in [0.15, 0.2) is 0 Å². The molecule has 3 heterocycles. The summed E-state index contributed by atoms with van der Waals surface area (Å²) in [6.07, 6.45) is -0.572. The highest BCUT2D eigenvalue weighted by Gasteiger charge is 2.32. The lowest BCUT2D eigenvalue weighted by molar-refractivity contribution is -0.137. The number of carbonyl (C=O) groups is 2. The molecule has 3 aromatic rings. The molecule has 0 unspecified atom stereocenters. The fourth-order valence-electron chi connectivity index (χ4n) is 4.35. The number of rotatable bonds is 5. The maximum absolute atomic E-state index is 12.8. The fraction of sp³-hybridized carbons (Fsp3) is 0.440. The van der Waals surface area contributed by atoms with Crippen molar-refractivity contribution >= 4 is 17.8 Å².